The van der Waals surface area contributed by atoms with Crippen molar-refractivity contribution in [2.45, 2.75) is 13.8 Å². The van der Waals surface area contributed by atoms with Gasteiger partial charge in [0.05, 0.1) is 6.26 Å². The maximum atomic E-state index is 12.2. The molecular formula is C19H23N3O4. The molecule has 1 aliphatic heterocycles. The Balaban J connectivity index is 1.42. The van der Waals surface area contributed by atoms with Gasteiger partial charge >= 0.3 is 6.03 Å². The molecule has 1 saturated heterocycles. The largest absolute Gasteiger partial charge is 0.473 e. The van der Waals surface area contributed by atoms with Gasteiger partial charge in [0.25, 0.3) is 5.91 Å². The molecule has 1 fully saturated rings. The third kappa shape index (κ3) is 4.17. The van der Waals surface area contributed by atoms with Crippen molar-refractivity contribution in [3.05, 3.63) is 53.5 Å². The average molecular weight is 357 g/mol. The van der Waals surface area contributed by atoms with Gasteiger partial charge in [-0.05, 0) is 49.2 Å². The summed E-state index contributed by atoms with van der Waals surface area (Å²) >= 11 is 0. The Hall–Kier alpha value is -2.96. The minimum absolute atomic E-state index is 0.104. The zero-order chi connectivity index (χ0) is 18.5. The summed E-state index contributed by atoms with van der Waals surface area (Å²) < 4.78 is 10.7. The van der Waals surface area contributed by atoms with Crippen LogP contribution >= 0.6 is 0 Å². The molecule has 2 aromatic rings. The number of furan rings is 1. The molecule has 0 spiro atoms. The third-order valence-electron chi connectivity index (χ3n) is 4.53. The van der Waals surface area contributed by atoms with E-state index in [1.54, 1.807) is 21.9 Å². The highest BCUT2D eigenvalue weighted by atomic mass is 16.5. The first-order valence-corrected chi connectivity index (χ1v) is 8.60. The Morgan fingerprint density at radius 3 is 2.46 bits per heavy atom. The molecule has 1 aromatic carbocycles. The van der Waals surface area contributed by atoms with Gasteiger partial charge in [-0.3, -0.25) is 4.79 Å². The topological polar surface area (TPSA) is 75.0 Å². The first-order valence-electron chi connectivity index (χ1n) is 8.60. The minimum atomic E-state index is -0.195. The molecule has 0 aliphatic carbocycles. The van der Waals surface area contributed by atoms with Crippen molar-refractivity contribution in [1.82, 2.24) is 15.1 Å². The summed E-state index contributed by atoms with van der Waals surface area (Å²) in [6.45, 7) is 6.06. The molecule has 1 aromatic heterocycles. The molecule has 26 heavy (non-hydrogen) atoms. The second kappa shape index (κ2) is 7.95. The van der Waals surface area contributed by atoms with E-state index in [-0.39, 0.29) is 18.7 Å². The smallest absolute Gasteiger partial charge is 0.320 e. The van der Waals surface area contributed by atoms with E-state index < -0.39 is 0 Å². The number of piperazine rings is 1. The maximum Gasteiger partial charge on any atom is 0.320 e. The first-order chi connectivity index (χ1) is 12.5. The normalized spacial score (nSPS) is 14.2. The van der Waals surface area contributed by atoms with Crippen molar-refractivity contribution in [1.29, 1.82) is 0 Å². The summed E-state index contributed by atoms with van der Waals surface area (Å²) in [5, 5.41) is 2.75. The standard InChI is InChI=1S/C19H23N3O4/c1-14-5-6-16(12-15(14)2)26-13-20-19(24)22-9-7-21(8-10-22)18(23)17-4-3-11-25-17/h3-6,11-12H,7-10,13H2,1-2H3,(H,20,24). The van der Waals surface area contributed by atoms with Gasteiger partial charge in [0, 0.05) is 26.2 Å². The number of hydrogen-bond donors (Lipinski definition) is 1. The number of amides is 3. The number of carbonyl (C=O) groups is 2. The van der Waals surface area contributed by atoms with Crippen LogP contribution in [0.5, 0.6) is 5.75 Å². The average Bonchev–Trinajstić information content (AvgIpc) is 3.19. The molecule has 7 nitrogen and oxygen atoms in total. The lowest BCUT2D eigenvalue weighted by Crippen LogP contribution is -2.53. The Bertz CT molecular complexity index is 765. The van der Waals surface area contributed by atoms with Crippen molar-refractivity contribution < 1.29 is 18.7 Å². The summed E-state index contributed by atoms with van der Waals surface area (Å²) in [4.78, 5) is 27.8. The number of hydrogen-bond acceptors (Lipinski definition) is 4. The molecule has 1 aliphatic rings. The molecule has 0 atom stereocenters. The molecule has 3 rings (SSSR count). The van der Waals surface area contributed by atoms with Crippen LogP contribution < -0.4 is 10.1 Å². The van der Waals surface area contributed by atoms with Gasteiger partial charge in [-0.2, -0.15) is 0 Å². The predicted octanol–water partition coefficient (Wildman–Crippen LogP) is 2.40. The summed E-state index contributed by atoms with van der Waals surface area (Å²) in [6, 6.07) is 8.95. The van der Waals surface area contributed by atoms with Crippen LogP contribution in [0.2, 0.25) is 0 Å². The number of rotatable bonds is 4. The number of aryl methyl sites for hydroxylation is 2. The summed E-state index contributed by atoms with van der Waals surface area (Å²) in [7, 11) is 0. The molecule has 0 unspecified atom stereocenters. The molecule has 0 saturated carbocycles. The van der Waals surface area contributed by atoms with Gasteiger partial charge in [-0.15, -0.1) is 0 Å². The quantitative estimate of drug-likeness (QED) is 0.853. The van der Waals surface area contributed by atoms with Crippen LogP contribution in [0.3, 0.4) is 0 Å². The van der Waals surface area contributed by atoms with Gasteiger partial charge < -0.3 is 24.3 Å². The van der Waals surface area contributed by atoms with E-state index in [1.807, 2.05) is 32.0 Å². The highest BCUT2D eigenvalue weighted by Crippen LogP contribution is 2.16. The molecule has 2 heterocycles. The molecule has 1 N–H and O–H groups in total. The van der Waals surface area contributed by atoms with Crippen molar-refractivity contribution in [3.63, 3.8) is 0 Å². The van der Waals surface area contributed by atoms with Crippen LogP contribution in [0.4, 0.5) is 4.79 Å². The number of urea groups is 1. The molecule has 7 heteroatoms. The van der Waals surface area contributed by atoms with Crippen molar-refractivity contribution in [3.8, 4) is 5.75 Å². The Labute approximate surface area is 152 Å². The summed E-state index contributed by atoms with van der Waals surface area (Å²) in [5.74, 6) is 0.903. The van der Waals surface area contributed by atoms with Crippen LogP contribution in [0.1, 0.15) is 21.7 Å². The lowest BCUT2D eigenvalue weighted by molar-refractivity contribution is 0.0631. The Morgan fingerprint density at radius 2 is 1.81 bits per heavy atom. The van der Waals surface area contributed by atoms with Gasteiger partial charge in [0.15, 0.2) is 12.5 Å². The maximum absolute atomic E-state index is 12.2. The Morgan fingerprint density at radius 1 is 1.08 bits per heavy atom. The van der Waals surface area contributed by atoms with Crippen molar-refractivity contribution >= 4 is 11.9 Å². The highest BCUT2D eigenvalue weighted by molar-refractivity contribution is 5.91. The number of ether oxygens (including phenoxy) is 1. The highest BCUT2D eigenvalue weighted by Gasteiger charge is 2.25. The van der Waals surface area contributed by atoms with E-state index in [1.165, 1.54) is 11.8 Å². The van der Waals surface area contributed by atoms with E-state index in [9.17, 15) is 9.59 Å². The molecular weight excluding hydrogens is 334 g/mol. The predicted molar refractivity (Wildman–Crippen MR) is 96.1 cm³/mol. The van der Waals surface area contributed by atoms with Gasteiger partial charge in [-0.1, -0.05) is 6.07 Å². The first kappa shape index (κ1) is 17.8. The van der Waals surface area contributed by atoms with Crippen LogP contribution in [0, 0.1) is 13.8 Å². The SMILES string of the molecule is Cc1ccc(OCNC(=O)N2CCN(C(=O)c3ccco3)CC2)cc1C. The van der Waals surface area contributed by atoms with Crippen LogP contribution in [0.25, 0.3) is 0 Å². The van der Waals surface area contributed by atoms with Crippen LogP contribution in [-0.4, -0.2) is 54.6 Å². The molecule has 138 valence electrons. The lowest BCUT2D eigenvalue weighted by atomic mass is 10.1. The third-order valence-corrected chi connectivity index (χ3v) is 4.53. The fourth-order valence-electron chi connectivity index (χ4n) is 2.77. The van der Waals surface area contributed by atoms with E-state index in [4.69, 9.17) is 9.15 Å². The molecule has 0 bridgehead atoms. The number of nitrogens with one attached hydrogen (secondary N) is 1. The second-order valence-corrected chi connectivity index (χ2v) is 6.27. The van der Waals surface area contributed by atoms with E-state index in [0.717, 1.165) is 11.3 Å². The van der Waals surface area contributed by atoms with E-state index >= 15 is 0 Å². The Kier molecular flexibility index (Phi) is 5.46. The summed E-state index contributed by atoms with van der Waals surface area (Å²) in [5.41, 5.74) is 2.34. The minimum Gasteiger partial charge on any atom is -0.473 e. The van der Waals surface area contributed by atoms with Gasteiger partial charge in [0.1, 0.15) is 5.75 Å². The van der Waals surface area contributed by atoms with E-state index in [0.29, 0.717) is 31.9 Å². The molecule has 3 amide bonds. The molecule has 0 radical (unpaired) electrons. The van der Waals surface area contributed by atoms with Gasteiger partial charge in [0.2, 0.25) is 0 Å². The van der Waals surface area contributed by atoms with Crippen molar-refractivity contribution in [2.24, 2.45) is 0 Å². The van der Waals surface area contributed by atoms with E-state index in [2.05, 4.69) is 5.32 Å². The number of nitrogens with zero attached hydrogens (tertiary/aromatic N) is 2. The zero-order valence-corrected chi connectivity index (χ0v) is 15.0. The zero-order valence-electron chi connectivity index (χ0n) is 15.0. The van der Waals surface area contributed by atoms with Crippen molar-refractivity contribution in [2.75, 3.05) is 32.9 Å². The number of benzene rings is 1. The number of carbonyl (C=O) groups excluding carboxylic acids is 2. The van der Waals surface area contributed by atoms with Crippen LogP contribution in [-0.2, 0) is 0 Å². The lowest BCUT2D eigenvalue weighted by Gasteiger charge is -2.34. The monoisotopic (exact) mass is 357 g/mol. The fraction of sp³-hybridized carbons (Fsp3) is 0.368. The fourth-order valence-corrected chi connectivity index (χ4v) is 2.77. The van der Waals surface area contributed by atoms with Gasteiger partial charge in [-0.25, -0.2) is 4.79 Å². The second-order valence-electron chi connectivity index (χ2n) is 6.27. The summed E-state index contributed by atoms with van der Waals surface area (Å²) in [6.07, 6.45) is 1.48. The van der Waals surface area contributed by atoms with Crippen LogP contribution in [0.15, 0.2) is 41.0 Å².